The van der Waals surface area contributed by atoms with Gasteiger partial charge in [0.15, 0.2) is 11.4 Å². The van der Waals surface area contributed by atoms with Crippen molar-refractivity contribution in [3.8, 4) is 11.3 Å². The van der Waals surface area contributed by atoms with Gasteiger partial charge < -0.3 is 19.0 Å². The zero-order valence-corrected chi connectivity index (χ0v) is 15.4. The molecule has 6 nitrogen and oxygen atoms in total. The van der Waals surface area contributed by atoms with Gasteiger partial charge in [-0.05, 0) is 36.8 Å². The van der Waals surface area contributed by atoms with E-state index < -0.39 is 11.4 Å². The highest BCUT2D eigenvalue weighted by Gasteiger charge is 2.20. The molecule has 3 aromatic heterocycles. The second kappa shape index (κ2) is 6.45. The molecule has 4 heterocycles. The van der Waals surface area contributed by atoms with E-state index in [1.165, 1.54) is 0 Å². The van der Waals surface area contributed by atoms with E-state index >= 15 is 4.39 Å². The first-order valence-electron chi connectivity index (χ1n) is 9.28. The van der Waals surface area contributed by atoms with Crippen LogP contribution in [-0.4, -0.2) is 35.6 Å². The van der Waals surface area contributed by atoms with Crippen LogP contribution >= 0.6 is 0 Å². The number of hydrogen-bond acceptors (Lipinski definition) is 5. The van der Waals surface area contributed by atoms with Gasteiger partial charge in [0.1, 0.15) is 5.65 Å². The molecule has 1 aliphatic rings. The summed E-state index contributed by atoms with van der Waals surface area (Å²) in [5.74, 6) is -0.492. The Hall–Kier alpha value is -3.19. The number of piperazine rings is 1. The Morgan fingerprint density at radius 2 is 1.96 bits per heavy atom. The highest BCUT2D eigenvalue weighted by Crippen LogP contribution is 2.29. The first kappa shape index (κ1) is 16.9. The Morgan fingerprint density at radius 1 is 1.14 bits per heavy atom. The third kappa shape index (κ3) is 2.75. The first-order chi connectivity index (χ1) is 13.6. The SMILES string of the molecule is Cc1ccc2nc(-c3cc4ccc(N5CCNCC5)c(F)c4oc3=O)cn2c1. The molecule has 1 N–H and O–H groups in total. The fraction of sp³-hybridized carbons (Fsp3) is 0.238. The van der Waals surface area contributed by atoms with Gasteiger partial charge in [-0.3, -0.25) is 0 Å². The molecular formula is C21H19FN4O2. The molecular weight excluding hydrogens is 359 g/mol. The van der Waals surface area contributed by atoms with Gasteiger partial charge in [-0.1, -0.05) is 6.07 Å². The van der Waals surface area contributed by atoms with Crippen molar-refractivity contribution in [3.63, 3.8) is 0 Å². The molecule has 0 bridgehead atoms. The van der Waals surface area contributed by atoms with Gasteiger partial charge in [0.05, 0.1) is 16.9 Å². The predicted octanol–water partition coefficient (Wildman–Crippen LogP) is 2.96. The number of aryl methyl sites for hydroxylation is 1. The van der Waals surface area contributed by atoms with Crippen LogP contribution in [0.1, 0.15) is 5.56 Å². The largest absolute Gasteiger partial charge is 0.419 e. The summed E-state index contributed by atoms with van der Waals surface area (Å²) in [5.41, 5.74) is 2.52. The predicted molar refractivity (Wildman–Crippen MR) is 106 cm³/mol. The number of hydrogen-bond donors (Lipinski definition) is 1. The minimum Gasteiger partial charge on any atom is -0.419 e. The van der Waals surface area contributed by atoms with Crippen molar-refractivity contribution in [2.45, 2.75) is 6.92 Å². The van der Waals surface area contributed by atoms with Gasteiger partial charge in [-0.2, -0.15) is 0 Å². The lowest BCUT2D eigenvalue weighted by molar-refractivity contribution is 0.519. The lowest BCUT2D eigenvalue weighted by Crippen LogP contribution is -2.43. The van der Waals surface area contributed by atoms with Crippen molar-refractivity contribution >= 4 is 22.3 Å². The van der Waals surface area contributed by atoms with E-state index in [0.29, 0.717) is 35.4 Å². The lowest BCUT2D eigenvalue weighted by atomic mass is 10.1. The van der Waals surface area contributed by atoms with Gasteiger partial charge in [0.2, 0.25) is 0 Å². The van der Waals surface area contributed by atoms with E-state index in [2.05, 4.69) is 10.3 Å². The summed E-state index contributed by atoms with van der Waals surface area (Å²) in [7, 11) is 0. The van der Waals surface area contributed by atoms with E-state index in [9.17, 15) is 4.79 Å². The number of benzene rings is 1. The summed E-state index contributed by atoms with van der Waals surface area (Å²) in [6.07, 6.45) is 3.72. The molecule has 0 unspecified atom stereocenters. The van der Waals surface area contributed by atoms with Crippen molar-refractivity contribution < 1.29 is 8.81 Å². The highest BCUT2D eigenvalue weighted by molar-refractivity contribution is 5.85. The van der Waals surface area contributed by atoms with Crippen LogP contribution in [0, 0.1) is 12.7 Å². The van der Waals surface area contributed by atoms with Crippen LogP contribution in [0.4, 0.5) is 10.1 Å². The van der Waals surface area contributed by atoms with Gasteiger partial charge in [0.25, 0.3) is 0 Å². The van der Waals surface area contributed by atoms with Crippen molar-refractivity contribution in [1.29, 1.82) is 0 Å². The van der Waals surface area contributed by atoms with E-state index in [0.717, 1.165) is 24.3 Å². The van der Waals surface area contributed by atoms with Crippen LogP contribution in [0.3, 0.4) is 0 Å². The van der Waals surface area contributed by atoms with E-state index in [-0.39, 0.29) is 5.58 Å². The average molecular weight is 378 g/mol. The Bertz CT molecular complexity index is 1250. The maximum Gasteiger partial charge on any atom is 0.345 e. The van der Waals surface area contributed by atoms with Crippen molar-refractivity contribution in [1.82, 2.24) is 14.7 Å². The molecule has 0 radical (unpaired) electrons. The molecule has 1 aromatic carbocycles. The molecule has 0 saturated carbocycles. The van der Waals surface area contributed by atoms with Crippen LogP contribution in [0.25, 0.3) is 27.9 Å². The van der Waals surface area contributed by atoms with E-state index in [1.54, 1.807) is 24.4 Å². The van der Waals surface area contributed by atoms with Crippen molar-refractivity contribution in [2.75, 3.05) is 31.1 Å². The molecule has 7 heteroatoms. The summed E-state index contributed by atoms with van der Waals surface area (Å²) in [4.78, 5) is 19.1. The van der Waals surface area contributed by atoms with Gasteiger partial charge >= 0.3 is 5.63 Å². The summed E-state index contributed by atoms with van der Waals surface area (Å²) in [6, 6.07) is 9.05. The quantitative estimate of drug-likeness (QED) is 0.544. The van der Waals surface area contributed by atoms with Gasteiger partial charge in [-0.15, -0.1) is 0 Å². The molecule has 1 saturated heterocycles. The number of fused-ring (bicyclic) bond motifs is 2. The monoisotopic (exact) mass is 378 g/mol. The van der Waals surface area contributed by atoms with Crippen LogP contribution in [0.15, 0.2) is 51.9 Å². The smallest absolute Gasteiger partial charge is 0.345 e. The maximum atomic E-state index is 15.1. The standard InChI is InChI=1S/C21H19FN4O2/c1-13-2-5-18-24-16(12-26(18)11-13)15-10-14-3-4-17(25-8-6-23-7-9-25)19(22)20(14)28-21(15)27/h2-5,10-12,23H,6-9H2,1H3. The molecule has 1 fully saturated rings. The Balaban J connectivity index is 1.63. The Morgan fingerprint density at radius 3 is 2.79 bits per heavy atom. The van der Waals surface area contributed by atoms with E-state index in [4.69, 9.17) is 4.42 Å². The fourth-order valence-corrected chi connectivity index (χ4v) is 3.70. The second-order valence-electron chi connectivity index (χ2n) is 7.10. The number of halogens is 1. The van der Waals surface area contributed by atoms with Crippen LogP contribution in [0.5, 0.6) is 0 Å². The van der Waals surface area contributed by atoms with Crippen molar-refractivity contribution in [3.05, 3.63) is 64.5 Å². The third-order valence-electron chi connectivity index (χ3n) is 5.15. The zero-order valence-electron chi connectivity index (χ0n) is 15.4. The summed E-state index contributed by atoms with van der Waals surface area (Å²) >= 11 is 0. The molecule has 0 aliphatic carbocycles. The fourth-order valence-electron chi connectivity index (χ4n) is 3.70. The number of aromatic nitrogens is 2. The third-order valence-corrected chi connectivity index (χ3v) is 5.15. The number of rotatable bonds is 2. The zero-order chi connectivity index (χ0) is 19.3. The Kier molecular flexibility index (Phi) is 3.91. The van der Waals surface area contributed by atoms with Crippen LogP contribution < -0.4 is 15.8 Å². The van der Waals surface area contributed by atoms with Crippen LogP contribution in [-0.2, 0) is 0 Å². The average Bonchev–Trinajstić information content (AvgIpc) is 3.12. The molecule has 28 heavy (non-hydrogen) atoms. The molecule has 142 valence electrons. The maximum absolute atomic E-state index is 15.1. The first-order valence-corrected chi connectivity index (χ1v) is 9.28. The van der Waals surface area contributed by atoms with Gasteiger partial charge in [-0.25, -0.2) is 14.2 Å². The van der Waals surface area contributed by atoms with Crippen LogP contribution in [0.2, 0.25) is 0 Å². The minimum atomic E-state index is -0.594. The summed E-state index contributed by atoms with van der Waals surface area (Å²) in [5, 5.41) is 3.78. The van der Waals surface area contributed by atoms with Gasteiger partial charge in [0, 0.05) is 44.0 Å². The normalized spacial score (nSPS) is 14.9. The Labute approximate surface area is 160 Å². The molecule has 0 atom stereocenters. The number of imidazole rings is 1. The van der Waals surface area contributed by atoms with Crippen molar-refractivity contribution in [2.24, 2.45) is 0 Å². The highest BCUT2D eigenvalue weighted by atomic mass is 19.1. The molecule has 0 amide bonds. The molecule has 5 rings (SSSR count). The topological polar surface area (TPSA) is 62.8 Å². The molecule has 0 spiro atoms. The number of pyridine rings is 1. The number of anilines is 1. The second-order valence-corrected chi connectivity index (χ2v) is 7.10. The number of nitrogens with zero attached hydrogens (tertiary/aromatic N) is 3. The molecule has 4 aromatic rings. The minimum absolute atomic E-state index is 0.00982. The lowest BCUT2D eigenvalue weighted by Gasteiger charge is -2.29. The summed E-state index contributed by atoms with van der Waals surface area (Å²) in [6.45, 7) is 5.01. The number of nitrogens with one attached hydrogen (secondary N) is 1. The van der Waals surface area contributed by atoms with E-state index in [1.807, 2.05) is 34.6 Å². The summed E-state index contributed by atoms with van der Waals surface area (Å²) < 4.78 is 22.3. The molecule has 1 aliphatic heterocycles.